The Labute approximate surface area is 92.3 Å². The molecule has 3 unspecified atom stereocenters. The molecule has 1 aliphatic carbocycles. The van der Waals surface area contributed by atoms with Crippen LogP contribution in [0.1, 0.15) is 40.0 Å². The molecular weight excluding hydrogens is 190 g/mol. The molecule has 88 valence electrons. The smallest absolute Gasteiger partial charge is 0.169 e. The van der Waals surface area contributed by atoms with Gasteiger partial charge in [-0.2, -0.15) is 0 Å². The molecule has 3 nitrogen and oxygen atoms in total. The van der Waals surface area contributed by atoms with E-state index >= 15 is 0 Å². The first-order valence-electron chi connectivity index (χ1n) is 5.97. The molecule has 1 aliphatic heterocycles. The van der Waals surface area contributed by atoms with Crippen LogP contribution in [0.4, 0.5) is 0 Å². The Hall–Kier alpha value is -0.120. The van der Waals surface area contributed by atoms with Crippen molar-refractivity contribution >= 4 is 0 Å². The highest BCUT2D eigenvalue weighted by Crippen LogP contribution is 2.48. The van der Waals surface area contributed by atoms with Crippen molar-refractivity contribution in [2.45, 2.75) is 51.9 Å². The van der Waals surface area contributed by atoms with E-state index in [-0.39, 0.29) is 11.9 Å². The summed E-state index contributed by atoms with van der Waals surface area (Å²) in [5.41, 5.74) is 5.94. The predicted octanol–water partition coefficient (Wildman–Crippen LogP) is 1.90. The highest BCUT2D eigenvalue weighted by atomic mass is 16.7. The van der Waals surface area contributed by atoms with Crippen LogP contribution in [0.5, 0.6) is 0 Å². The fraction of sp³-hybridized carbons (Fsp3) is 1.00. The van der Waals surface area contributed by atoms with Gasteiger partial charge in [-0.15, -0.1) is 0 Å². The van der Waals surface area contributed by atoms with Crippen molar-refractivity contribution < 1.29 is 9.47 Å². The molecule has 0 amide bonds. The Morgan fingerprint density at radius 1 is 1.33 bits per heavy atom. The van der Waals surface area contributed by atoms with Gasteiger partial charge in [0.15, 0.2) is 5.79 Å². The zero-order valence-corrected chi connectivity index (χ0v) is 10.1. The van der Waals surface area contributed by atoms with Crippen molar-refractivity contribution in [1.29, 1.82) is 0 Å². The number of rotatable bonds is 1. The number of hydrogen-bond donors (Lipinski definition) is 1. The van der Waals surface area contributed by atoms with E-state index in [0.29, 0.717) is 24.5 Å². The Kier molecular flexibility index (Phi) is 2.82. The first-order chi connectivity index (χ1) is 6.95. The van der Waals surface area contributed by atoms with E-state index in [1.807, 2.05) is 0 Å². The minimum absolute atomic E-state index is 0.103. The number of nitrogens with two attached hydrogens (primary N) is 1. The third-order valence-electron chi connectivity index (χ3n) is 3.49. The SMILES string of the molecule is CC1CC(C)(C)CC2(C1)OCC(CN)O2. The van der Waals surface area contributed by atoms with Gasteiger partial charge >= 0.3 is 0 Å². The molecule has 0 aromatic heterocycles. The van der Waals surface area contributed by atoms with Crippen LogP contribution >= 0.6 is 0 Å². The van der Waals surface area contributed by atoms with E-state index < -0.39 is 0 Å². The largest absolute Gasteiger partial charge is 0.347 e. The molecule has 1 saturated carbocycles. The van der Waals surface area contributed by atoms with Gasteiger partial charge in [0.25, 0.3) is 0 Å². The number of ether oxygens (including phenoxy) is 2. The summed E-state index contributed by atoms with van der Waals surface area (Å²) in [6.45, 7) is 8.11. The van der Waals surface area contributed by atoms with E-state index in [9.17, 15) is 0 Å². The molecule has 0 aromatic carbocycles. The van der Waals surface area contributed by atoms with Crippen molar-refractivity contribution in [3.05, 3.63) is 0 Å². The molecule has 1 saturated heterocycles. The highest BCUT2D eigenvalue weighted by molar-refractivity contribution is 4.92. The second kappa shape index (κ2) is 3.72. The lowest BCUT2D eigenvalue weighted by molar-refractivity contribution is -0.215. The maximum Gasteiger partial charge on any atom is 0.169 e. The van der Waals surface area contributed by atoms with E-state index in [2.05, 4.69) is 20.8 Å². The van der Waals surface area contributed by atoms with Crippen LogP contribution in [0, 0.1) is 11.3 Å². The standard InChI is InChI=1S/C12H23NO2/c1-9-4-11(2,3)8-12(5-9)14-7-10(6-13)15-12/h9-10H,4-8,13H2,1-3H3. The van der Waals surface area contributed by atoms with Crippen LogP contribution in [0.3, 0.4) is 0 Å². The van der Waals surface area contributed by atoms with Crippen LogP contribution < -0.4 is 5.73 Å². The summed E-state index contributed by atoms with van der Waals surface area (Å²) in [5, 5.41) is 0. The topological polar surface area (TPSA) is 44.5 Å². The van der Waals surface area contributed by atoms with Crippen LogP contribution in [0.15, 0.2) is 0 Å². The summed E-state index contributed by atoms with van der Waals surface area (Å²) < 4.78 is 11.9. The molecule has 2 N–H and O–H groups in total. The van der Waals surface area contributed by atoms with Gasteiger partial charge in [-0.3, -0.25) is 0 Å². The van der Waals surface area contributed by atoms with Crippen LogP contribution in [0.2, 0.25) is 0 Å². The summed E-state index contributed by atoms with van der Waals surface area (Å²) in [4.78, 5) is 0. The van der Waals surface area contributed by atoms with E-state index in [4.69, 9.17) is 15.2 Å². The van der Waals surface area contributed by atoms with Gasteiger partial charge in [0.1, 0.15) is 0 Å². The Bertz CT molecular complexity index is 242. The molecule has 1 spiro atoms. The van der Waals surface area contributed by atoms with Crippen molar-refractivity contribution in [1.82, 2.24) is 0 Å². The molecule has 3 heteroatoms. The molecule has 3 atom stereocenters. The Morgan fingerprint density at radius 2 is 2.07 bits per heavy atom. The van der Waals surface area contributed by atoms with E-state index in [0.717, 1.165) is 12.8 Å². The lowest BCUT2D eigenvalue weighted by Gasteiger charge is -2.44. The highest BCUT2D eigenvalue weighted by Gasteiger charge is 2.49. The summed E-state index contributed by atoms with van der Waals surface area (Å²) in [5.74, 6) is 0.343. The first-order valence-corrected chi connectivity index (χ1v) is 5.97. The molecule has 15 heavy (non-hydrogen) atoms. The summed E-state index contributed by atoms with van der Waals surface area (Å²) >= 11 is 0. The fourth-order valence-corrected chi connectivity index (χ4v) is 3.35. The van der Waals surface area contributed by atoms with Crippen LogP contribution in [-0.4, -0.2) is 25.0 Å². The fourth-order valence-electron chi connectivity index (χ4n) is 3.35. The maximum atomic E-state index is 6.00. The second-order valence-electron chi connectivity index (χ2n) is 6.05. The summed E-state index contributed by atoms with van der Waals surface area (Å²) in [6, 6.07) is 0. The van der Waals surface area contributed by atoms with E-state index in [1.54, 1.807) is 0 Å². The van der Waals surface area contributed by atoms with Crippen LogP contribution in [-0.2, 0) is 9.47 Å². The molecule has 1 heterocycles. The molecule has 0 aromatic rings. The van der Waals surface area contributed by atoms with Gasteiger partial charge in [0.05, 0.1) is 12.7 Å². The molecule has 2 rings (SSSR count). The monoisotopic (exact) mass is 213 g/mol. The quantitative estimate of drug-likeness (QED) is 0.723. The molecule has 2 aliphatic rings. The van der Waals surface area contributed by atoms with Crippen molar-refractivity contribution in [3.63, 3.8) is 0 Å². The molecular formula is C12H23NO2. The van der Waals surface area contributed by atoms with Crippen molar-refractivity contribution in [2.75, 3.05) is 13.2 Å². The van der Waals surface area contributed by atoms with Gasteiger partial charge < -0.3 is 15.2 Å². The average molecular weight is 213 g/mol. The molecule has 2 fully saturated rings. The minimum Gasteiger partial charge on any atom is -0.347 e. The second-order valence-corrected chi connectivity index (χ2v) is 6.05. The van der Waals surface area contributed by atoms with Gasteiger partial charge in [0.2, 0.25) is 0 Å². The Morgan fingerprint density at radius 3 is 2.60 bits per heavy atom. The lowest BCUT2D eigenvalue weighted by Crippen LogP contribution is -2.43. The third kappa shape index (κ3) is 2.35. The van der Waals surface area contributed by atoms with E-state index in [1.165, 1.54) is 6.42 Å². The normalized spacial score (nSPS) is 44.8. The summed E-state index contributed by atoms with van der Waals surface area (Å²) in [7, 11) is 0. The van der Waals surface area contributed by atoms with Crippen molar-refractivity contribution in [3.8, 4) is 0 Å². The van der Waals surface area contributed by atoms with Gasteiger partial charge in [-0.1, -0.05) is 20.8 Å². The zero-order chi connectivity index (χ0) is 11.1. The maximum absolute atomic E-state index is 6.00. The molecule has 0 bridgehead atoms. The number of hydrogen-bond acceptors (Lipinski definition) is 3. The minimum atomic E-state index is -0.328. The van der Waals surface area contributed by atoms with Crippen LogP contribution in [0.25, 0.3) is 0 Å². The van der Waals surface area contributed by atoms with Gasteiger partial charge in [-0.25, -0.2) is 0 Å². The Balaban J connectivity index is 2.08. The first kappa shape index (κ1) is 11.4. The van der Waals surface area contributed by atoms with Crippen molar-refractivity contribution in [2.24, 2.45) is 17.1 Å². The predicted molar refractivity (Wildman–Crippen MR) is 59.4 cm³/mol. The lowest BCUT2D eigenvalue weighted by atomic mass is 9.70. The average Bonchev–Trinajstić information content (AvgIpc) is 2.44. The zero-order valence-electron chi connectivity index (χ0n) is 10.1. The summed E-state index contributed by atoms with van der Waals surface area (Å²) in [6.07, 6.45) is 3.38. The van der Waals surface area contributed by atoms with Gasteiger partial charge in [0, 0.05) is 19.4 Å². The molecule has 0 radical (unpaired) electrons. The third-order valence-corrected chi connectivity index (χ3v) is 3.49. The van der Waals surface area contributed by atoms with Gasteiger partial charge in [-0.05, 0) is 17.8 Å².